The van der Waals surface area contributed by atoms with Crippen LogP contribution in [0.3, 0.4) is 0 Å². The van der Waals surface area contributed by atoms with Gasteiger partial charge in [-0.3, -0.25) is 18.2 Å². The number of nitrogens with zero attached hydrogens (tertiary/aromatic N) is 6. The van der Waals surface area contributed by atoms with E-state index in [0.717, 1.165) is 48.6 Å². The summed E-state index contributed by atoms with van der Waals surface area (Å²) < 4.78 is 144. The number of nitrogens with one attached hydrogen (secondary N) is 2. The van der Waals surface area contributed by atoms with Crippen molar-refractivity contribution in [2.75, 3.05) is 10.6 Å². The number of rotatable bonds is 14. The first-order valence-electron chi connectivity index (χ1n) is 15.8. The molecule has 6 N–H and O–H groups in total. The molecule has 4 aromatic carbocycles. The van der Waals surface area contributed by atoms with Crippen molar-refractivity contribution in [3.63, 3.8) is 0 Å². The summed E-state index contributed by atoms with van der Waals surface area (Å²) in [6, 6.07) is 15.4. The van der Waals surface area contributed by atoms with Crippen molar-refractivity contribution in [2.45, 2.75) is 19.6 Å². The fourth-order valence-corrected chi connectivity index (χ4v) is 7.51. The zero-order valence-corrected chi connectivity index (χ0v) is 37.0. The standard InChI is InChI=1S/C32H22Cl2N8O14S4.Na/c33-27-37-29(41-31(39-27)55-21-7-11-23(12-8-21)57(43,44)45)35-19-5-3-17(25(15-19)59(49,50)51)1-2-18-4-6-20(16-26(18)60(52,53)54)36-30-38-28(34)40-32(42-30)56-22-9-13-24(14-10-22)58(46,47)48;/h1-16H,(H,43,44,45)(H,46,47,48)(H,49,50,51)(H,52,53,54)(H,35,37,39,41)(H,36,38,40,42);. The molecule has 29 heteroatoms. The molecule has 0 amide bonds. The van der Waals surface area contributed by atoms with E-state index in [1.54, 1.807) is 0 Å². The van der Waals surface area contributed by atoms with Gasteiger partial charge in [-0.2, -0.15) is 63.6 Å². The Morgan fingerprint density at radius 2 is 0.820 bits per heavy atom. The molecular formula is C32H22Cl2N8NaO14S4. The van der Waals surface area contributed by atoms with E-state index >= 15 is 0 Å². The molecule has 6 aromatic rings. The second-order valence-electron chi connectivity index (χ2n) is 11.6. The Labute approximate surface area is 377 Å². The minimum atomic E-state index is -4.95. The van der Waals surface area contributed by atoms with Gasteiger partial charge in [-0.05, 0) is 107 Å². The fraction of sp³-hybridized carbons (Fsp3) is 0. The summed E-state index contributed by atoms with van der Waals surface area (Å²) >= 11 is 12.0. The van der Waals surface area contributed by atoms with Crippen LogP contribution in [0.5, 0.6) is 23.5 Å². The molecule has 6 rings (SSSR count). The monoisotopic (exact) mass is 963 g/mol. The number of halogens is 2. The molecule has 1 radical (unpaired) electrons. The van der Waals surface area contributed by atoms with E-state index in [0.29, 0.717) is 0 Å². The first-order valence-corrected chi connectivity index (χ1v) is 22.3. The first-order chi connectivity index (χ1) is 28.0. The largest absolute Gasteiger partial charge is 0.424 e. The van der Waals surface area contributed by atoms with Crippen molar-refractivity contribution in [1.82, 2.24) is 29.9 Å². The molecule has 2 heterocycles. The van der Waals surface area contributed by atoms with E-state index in [1.807, 2.05) is 0 Å². The molecule has 22 nitrogen and oxygen atoms in total. The molecule has 0 bridgehead atoms. The topological polar surface area (TPSA) is 337 Å². The average Bonchev–Trinajstić information content (AvgIpc) is 3.13. The van der Waals surface area contributed by atoms with E-state index < -0.39 is 60.1 Å². The van der Waals surface area contributed by atoms with Crippen LogP contribution in [0.2, 0.25) is 10.6 Å². The number of benzene rings is 4. The number of aromatic nitrogens is 6. The predicted molar refractivity (Wildman–Crippen MR) is 216 cm³/mol. The van der Waals surface area contributed by atoms with Crippen LogP contribution in [0.15, 0.2) is 105 Å². The van der Waals surface area contributed by atoms with Crippen LogP contribution >= 0.6 is 23.2 Å². The summed E-state index contributed by atoms with van der Waals surface area (Å²) in [4.78, 5) is 21.3. The molecule has 2 aromatic heterocycles. The minimum Gasteiger partial charge on any atom is -0.424 e. The van der Waals surface area contributed by atoms with Crippen molar-refractivity contribution in [1.29, 1.82) is 0 Å². The van der Waals surface area contributed by atoms with E-state index in [2.05, 4.69) is 40.5 Å². The number of anilines is 4. The number of hydrogen-bond acceptors (Lipinski definition) is 18. The number of ether oxygens (including phenoxy) is 2. The molecule has 0 unspecified atom stereocenters. The third-order valence-corrected chi connectivity index (χ3v) is 11.3. The molecule has 0 spiro atoms. The van der Waals surface area contributed by atoms with Gasteiger partial charge in [-0.1, -0.05) is 24.3 Å². The first kappa shape index (κ1) is 47.1. The Kier molecular flexibility index (Phi) is 14.4. The van der Waals surface area contributed by atoms with Crippen LogP contribution in [-0.2, 0) is 40.5 Å². The van der Waals surface area contributed by atoms with E-state index in [1.165, 1.54) is 48.5 Å². The van der Waals surface area contributed by atoms with Crippen LogP contribution in [0.4, 0.5) is 23.3 Å². The third-order valence-electron chi connectivity index (χ3n) is 7.37. The van der Waals surface area contributed by atoms with Gasteiger partial charge < -0.3 is 20.1 Å². The van der Waals surface area contributed by atoms with Gasteiger partial charge in [-0.25, -0.2) is 0 Å². The molecule has 0 saturated carbocycles. The Balaban J connectivity index is 0.00000704. The van der Waals surface area contributed by atoms with Crippen molar-refractivity contribution in [3.8, 4) is 23.5 Å². The molecule has 61 heavy (non-hydrogen) atoms. The molecule has 313 valence electrons. The smallest absolute Gasteiger partial charge is 0.328 e. The minimum absolute atomic E-state index is 0. The van der Waals surface area contributed by atoms with E-state index in [4.69, 9.17) is 41.8 Å². The Hall–Kier alpha value is -4.94. The summed E-state index contributed by atoms with van der Waals surface area (Å²) in [5, 5.41) is 4.61. The molecule has 0 atom stereocenters. The van der Waals surface area contributed by atoms with Crippen LogP contribution in [0.1, 0.15) is 11.1 Å². The second-order valence-corrected chi connectivity index (χ2v) is 17.9. The molecule has 0 aliphatic rings. The van der Waals surface area contributed by atoms with Gasteiger partial charge in [0.15, 0.2) is 0 Å². The summed E-state index contributed by atoms with van der Waals surface area (Å²) in [6.07, 6.45) is 2.28. The van der Waals surface area contributed by atoms with E-state index in [-0.39, 0.29) is 98.0 Å². The molecule has 0 aliphatic carbocycles. The van der Waals surface area contributed by atoms with Gasteiger partial charge in [0, 0.05) is 40.9 Å². The van der Waals surface area contributed by atoms with Crippen LogP contribution in [0, 0.1) is 0 Å². The second kappa shape index (κ2) is 18.6. The summed E-state index contributed by atoms with van der Waals surface area (Å²) in [5.41, 5.74) is -0.279. The van der Waals surface area contributed by atoms with Crippen molar-refractivity contribution in [2.24, 2.45) is 0 Å². The molecule has 0 aliphatic heterocycles. The zero-order chi connectivity index (χ0) is 43.6. The quantitative estimate of drug-likeness (QED) is 0.0463. The fourth-order valence-electron chi connectivity index (χ4n) is 4.82. The zero-order valence-electron chi connectivity index (χ0n) is 30.2. The van der Waals surface area contributed by atoms with E-state index in [9.17, 15) is 42.8 Å². The van der Waals surface area contributed by atoms with Gasteiger partial charge in [0.1, 0.15) is 21.3 Å². The summed E-state index contributed by atoms with van der Waals surface area (Å²) in [6.45, 7) is 0. The maximum Gasteiger partial charge on any atom is 0.328 e. The summed E-state index contributed by atoms with van der Waals surface area (Å²) in [7, 11) is -18.8. The Morgan fingerprint density at radius 1 is 0.475 bits per heavy atom. The summed E-state index contributed by atoms with van der Waals surface area (Å²) in [5.74, 6) is -0.424. The van der Waals surface area contributed by atoms with Gasteiger partial charge in [0.25, 0.3) is 40.5 Å². The van der Waals surface area contributed by atoms with Gasteiger partial charge in [-0.15, -0.1) is 0 Å². The van der Waals surface area contributed by atoms with Gasteiger partial charge in [0.2, 0.25) is 22.5 Å². The Morgan fingerprint density at radius 3 is 1.13 bits per heavy atom. The number of hydrogen-bond donors (Lipinski definition) is 6. The third kappa shape index (κ3) is 12.8. The normalized spacial score (nSPS) is 12.1. The van der Waals surface area contributed by atoms with Crippen LogP contribution < -0.4 is 20.1 Å². The molecule has 0 saturated heterocycles. The predicted octanol–water partition coefficient (Wildman–Crippen LogP) is 5.21. The van der Waals surface area contributed by atoms with Crippen molar-refractivity contribution in [3.05, 3.63) is 107 Å². The SMILES string of the molecule is O=S(=O)(O)c1ccc(Oc2nc(Cl)nc(Nc3ccc(C=Cc4ccc(Nc5nc(Cl)nc(Oc6ccc(S(=O)(=O)O)cc6)n5)cc4S(=O)(=O)O)c(S(=O)(=O)O)c3)n2)cc1.[Na]. The van der Waals surface area contributed by atoms with Gasteiger partial charge in [0.05, 0.1) is 9.79 Å². The van der Waals surface area contributed by atoms with Crippen LogP contribution in [0.25, 0.3) is 12.2 Å². The van der Waals surface area contributed by atoms with Crippen LogP contribution in [-0.4, -0.2) is 111 Å². The van der Waals surface area contributed by atoms with Gasteiger partial charge >= 0.3 is 12.0 Å². The van der Waals surface area contributed by atoms with Crippen molar-refractivity contribution >= 4 is 129 Å². The maximum atomic E-state index is 12.5. The molecule has 0 fully saturated rings. The molecular weight excluding hydrogens is 943 g/mol. The maximum absolute atomic E-state index is 12.5. The Bertz CT molecular complexity index is 2930. The average molecular weight is 965 g/mol. The van der Waals surface area contributed by atoms with Crippen molar-refractivity contribution < 1.29 is 61.4 Å².